The van der Waals surface area contributed by atoms with Crippen LogP contribution in [-0.2, 0) is 11.3 Å². The largest absolute Gasteiger partial charge is 0.465 e. The van der Waals surface area contributed by atoms with Crippen LogP contribution >= 0.6 is 12.2 Å². The monoisotopic (exact) mass is 254 g/mol. The van der Waals surface area contributed by atoms with E-state index in [1.54, 1.807) is 0 Å². The number of amides is 1. The lowest BCUT2D eigenvalue weighted by Crippen LogP contribution is -2.40. The molecule has 1 atom stereocenters. The normalized spacial score (nSPS) is 12.5. The van der Waals surface area contributed by atoms with E-state index < -0.39 is 5.92 Å². The molecule has 4 nitrogen and oxygen atoms in total. The molecule has 1 aromatic rings. The second-order valence-electron chi connectivity index (χ2n) is 4.35. The van der Waals surface area contributed by atoms with Gasteiger partial charge in [-0.3, -0.25) is 4.79 Å². The minimum Gasteiger partial charge on any atom is -0.465 e. The number of nitrogens with two attached hydrogens (primary N) is 1. The fraction of sp³-hybridized carbons (Fsp3) is 0.500. The van der Waals surface area contributed by atoms with Crippen LogP contribution in [0.2, 0.25) is 0 Å². The molecule has 0 saturated heterocycles. The van der Waals surface area contributed by atoms with Crippen molar-refractivity contribution in [3.63, 3.8) is 0 Å². The number of hydrogen-bond acceptors (Lipinski definition) is 3. The van der Waals surface area contributed by atoms with Gasteiger partial charge in [0.05, 0.1) is 17.5 Å². The Morgan fingerprint density at radius 1 is 1.53 bits per heavy atom. The maximum Gasteiger partial charge on any atom is 0.230 e. The van der Waals surface area contributed by atoms with Crippen molar-refractivity contribution in [3.8, 4) is 0 Å². The van der Waals surface area contributed by atoms with Gasteiger partial charge in [0.1, 0.15) is 11.5 Å². The Hall–Kier alpha value is -1.36. The molecule has 5 heteroatoms. The van der Waals surface area contributed by atoms with E-state index in [4.69, 9.17) is 22.4 Å². The van der Waals surface area contributed by atoms with Crippen LogP contribution in [0.1, 0.15) is 25.4 Å². The highest BCUT2D eigenvalue weighted by atomic mass is 32.1. The minimum atomic E-state index is -0.430. The molecule has 17 heavy (non-hydrogen) atoms. The van der Waals surface area contributed by atoms with Crippen molar-refractivity contribution in [2.75, 3.05) is 0 Å². The fourth-order valence-electron chi connectivity index (χ4n) is 1.62. The van der Waals surface area contributed by atoms with E-state index in [0.29, 0.717) is 6.54 Å². The minimum absolute atomic E-state index is 0.0887. The van der Waals surface area contributed by atoms with Crippen molar-refractivity contribution < 1.29 is 9.21 Å². The second kappa shape index (κ2) is 5.82. The molecule has 0 aliphatic rings. The highest BCUT2D eigenvalue weighted by Gasteiger charge is 2.24. The summed E-state index contributed by atoms with van der Waals surface area (Å²) in [4.78, 5) is 12.1. The van der Waals surface area contributed by atoms with Gasteiger partial charge in [0.15, 0.2) is 0 Å². The first kappa shape index (κ1) is 13.7. The second-order valence-corrected chi connectivity index (χ2v) is 4.83. The Labute approximate surface area is 107 Å². The molecule has 0 aromatic carbocycles. The van der Waals surface area contributed by atoms with Gasteiger partial charge in [-0.1, -0.05) is 26.1 Å². The molecule has 1 heterocycles. The summed E-state index contributed by atoms with van der Waals surface area (Å²) in [6.07, 6.45) is 0. The van der Waals surface area contributed by atoms with Crippen molar-refractivity contribution in [2.24, 2.45) is 17.6 Å². The topological polar surface area (TPSA) is 68.3 Å². The standard InChI is InChI=1S/C12H18N2O2S/c1-7(2)10(11(13)17)12(15)14-6-9-5-4-8(3)16-9/h4-5,7,10H,6H2,1-3H3,(H2,13,17)(H,14,15). The molecule has 0 saturated carbocycles. The number of carbonyl (C=O) groups is 1. The summed E-state index contributed by atoms with van der Waals surface area (Å²) in [5.41, 5.74) is 5.56. The first-order valence-electron chi connectivity index (χ1n) is 5.54. The zero-order chi connectivity index (χ0) is 13.0. The van der Waals surface area contributed by atoms with Gasteiger partial charge in [-0.05, 0) is 25.0 Å². The molecule has 0 spiro atoms. The van der Waals surface area contributed by atoms with Crippen LogP contribution in [0.25, 0.3) is 0 Å². The maximum absolute atomic E-state index is 11.9. The number of hydrogen-bond donors (Lipinski definition) is 2. The molecule has 0 bridgehead atoms. The van der Waals surface area contributed by atoms with Crippen LogP contribution in [0.3, 0.4) is 0 Å². The Morgan fingerprint density at radius 3 is 2.59 bits per heavy atom. The fourth-order valence-corrected chi connectivity index (χ4v) is 2.00. The van der Waals surface area contributed by atoms with E-state index in [1.165, 1.54) is 0 Å². The third-order valence-corrected chi connectivity index (χ3v) is 2.74. The smallest absolute Gasteiger partial charge is 0.230 e. The predicted molar refractivity (Wildman–Crippen MR) is 70.4 cm³/mol. The van der Waals surface area contributed by atoms with Gasteiger partial charge in [0, 0.05) is 0 Å². The number of carbonyl (C=O) groups excluding carboxylic acids is 1. The maximum atomic E-state index is 11.9. The van der Waals surface area contributed by atoms with Crippen LogP contribution in [0.15, 0.2) is 16.5 Å². The molecule has 94 valence electrons. The lowest BCUT2D eigenvalue weighted by Gasteiger charge is -2.18. The van der Waals surface area contributed by atoms with Crippen LogP contribution in [0, 0.1) is 18.8 Å². The van der Waals surface area contributed by atoms with Gasteiger partial charge in [-0.2, -0.15) is 0 Å². The summed E-state index contributed by atoms with van der Waals surface area (Å²) >= 11 is 4.90. The summed E-state index contributed by atoms with van der Waals surface area (Å²) in [6, 6.07) is 3.69. The van der Waals surface area contributed by atoms with E-state index >= 15 is 0 Å². The molecule has 1 amide bonds. The van der Waals surface area contributed by atoms with Gasteiger partial charge in [0.25, 0.3) is 0 Å². The summed E-state index contributed by atoms with van der Waals surface area (Å²) in [7, 11) is 0. The zero-order valence-corrected chi connectivity index (χ0v) is 11.1. The Kier molecular flexibility index (Phi) is 4.69. The molecule has 1 unspecified atom stereocenters. The molecule has 3 N–H and O–H groups in total. The van der Waals surface area contributed by atoms with Crippen LogP contribution < -0.4 is 11.1 Å². The van der Waals surface area contributed by atoms with Gasteiger partial charge in [-0.25, -0.2) is 0 Å². The van der Waals surface area contributed by atoms with Gasteiger partial charge < -0.3 is 15.5 Å². The molecule has 0 aliphatic carbocycles. The van der Waals surface area contributed by atoms with Crippen molar-refractivity contribution in [1.29, 1.82) is 0 Å². The summed E-state index contributed by atoms with van der Waals surface area (Å²) in [5, 5.41) is 2.77. The Morgan fingerprint density at radius 2 is 2.18 bits per heavy atom. The number of furan rings is 1. The van der Waals surface area contributed by atoms with Crippen molar-refractivity contribution >= 4 is 23.1 Å². The summed E-state index contributed by atoms with van der Waals surface area (Å²) < 4.78 is 5.36. The van der Waals surface area contributed by atoms with Crippen molar-refractivity contribution in [3.05, 3.63) is 23.7 Å². The first-order valence-corrected chi connectivity index (χ1v) is 5.95. The molecule has 1 aromatic heterocycles. The third kappa shape index (κ3) is 3.85. The quantitative estimate of drug-likeness (QED) is 0.786. The van der Waals surface area contributed by atoms with E-state index in [1.807, 2.05) is 32.9 Å². The number of thiocarbonyl (C=S) groups is 1. The van der Waals surface area contributed by atoms with Crippen LogP contribution in [-0.4, -0.2) is 10.9 Å². The molecular formula is C12H18N2O2S. The Bertz CT molecular complexity index is 412. The zero-order valence-electron chi connectivity index (χ0n) is 10.3. The average molecular weight is 254 g/mol. The lowest BCUT2D eigenvalue weighted by molar-refractivity contribution is -0.124. The van der Waals surface area contributed by atoms with Crippen molar-refractivity contribution in [1.82, 2.24) is 5.32 Å². The third-order valence-electron chi connectivity index (χ3n) is 2.49. The van der Waals surface area contributed by atoms with Crippen LogP contribution in [0.5, 0.6) is 0 Å². The number of rotatable bonds is 5. The molecular weight excluding hydrogens is 236 g/mol. The highest BCUT2D eigenvalue weighted by molar-refractivity contribution is 7.80. The Balaban J connectivity index is 2.56. The molecule has 1 rings (SSSR count). The van der Waals surface area contributed by atoms with Gasteiger partial charge in [-0.15, -0.1) is 0 Å². The molecule has 0 radical (unpaired) electrons. The van der Waals surface area contributed by atoms with Crippen LogP contribution in [0.4, 0.5) is 0 Å². The number of nitrogens with one attached hydrogen (secondary N) is 1. The average Bonchev–Trinajstić information content (AvgIpc) is 2.60. The summed E-state index contributed by atoms with van der Waals surface area (Å²) in [6.45, 7) is 6.05. The van der Waals surface area contributed by atoms with E-state index in [2.05, 4.69) is 5.32 Å². The van der Waals surface area contributed by atoms with E-state index in [0.717, 1.165) is 11.5 Å². The van der Waals surface area contributed by atoms with E-state index in [-0.39, 0.29) is 16.8 Å². The molecule has 0 aliphatic heterocycles. The SMILES string of the molecule is Cc1ccc(CNC(=O)C(C(N)=S)C(C)C)o1. The molecule has 0 fully saturated rings. The summed E-state index contributed by atoms with van der Waals surface area (Å²) in [5.74, 6) is 1.05. The number of aryl methyl sites for hydroxylation is 1. The first-order chi connectivity index (χ1) is 7.91. The highest BCUT2D eigenvalue weighted by Crippen LogP contribution is 2.12. The van der Waals surface area contributed by atoms with Gasteiger partial charge in [0.2, 0.25) is 5.91 Å². The lowest BCUT2D eigenvalue weighted by atomic mass is 9.95. The van der Waals surface area contributed by atoms with Crippen molar-refractivity contribution in [2.45, 2.75) is 27.3 Å². The van der Waals surface area contributed by atoms with E-state index in [9.17, 15) is 4.79 Å². The predicted octanol–water partition coefficient (Wildman–Crippen LogP) is 1.76. The van der Waals surface area contributed by atoms with Gasteiger partial charge >= 0.3 is 0 Å².